The summed E-state index contributed by atoms with van der Waals surface area (Å²) in [5.41, 5.74) is -32.9. The van der Waals surface area contributed by atoms with Crippen molar-refractivity contribution in [2.24, 2.45) is 5.41 Å². The van der Waals surface area contributed by atoms with E-state index in [0.29, 0.717) is 0 Å². The Morgan fingerprint density at radius 1 is 0.643 bits per heavy atom. The van der Waals surface area contributed by atoms with Gasteiger partial charge in [-0.15, -0.1) is 0 Å². The first kappa shape index (κ1) is 33.5. The van der Waals surface area contributed by atoms with Crippen LogP contribution < -0.4 is 0 Å². The smallest absolute Gasteiger partial charge is 0.424 e. The van der Waals surface area contributed by atoms with Gasteiger partial charge in [0.15, 0.2) is 13.2 Å². The minimum absolute atomic E-state index is 0.375. The van der Waals surface area contributed by atoms with Crippen LogP contribution in [0, 0.1) is 5.41 Å². The Morgan fingerprint density at radius 2 is 1.02 bits per heavy atom. The zero-order valence-corrected chi connectivity index (χ0v) is 19.6. The van der Waals surface area contributed by atoms with Crippen molar-refractivity contribution in [2.75, 3.05) is 13.2 Å². The summed E-state index contributed by atoms with van der Waals surface area (Å²) in [5.74, 6) is -56.3. The molecule has 0 spiro atoms. The molecule has 1 N–H and O–H groups in total. The number of hydrogen-bond acceptors (Lipinski definition) is 7. The molecule has 2 unspecified atom stereocenters. The molecule has 0 aromatic heterocycles. The highest BCUT2D eigenvalue weighted by Crippen LogP contribution is 2.91. The maximum Gasteiger partial charge on any atom is 0.424 e. The third kappa shape index (κ3) is 2.71. The molecule has 7 nitrogen and oxygen atoms in total. The number of halogens is 16. The van der Waals surface area contributed by atoms with Crippen LogP contribution >= 0.6 is 0 Å². The summed E-state index contributed by atoms with van der Waals surface area (Å²) >= 11 is 0. The molecule has 23 heteroatoms. The summed E-state index contributed by atoms with van der Waals surface area (Å²) in [6.45, 7) is 0.0503. The Bertz CT molecular complexity index is 1150. The van der Waals surface area contributed by atoms with Crippen LogP contribution in [0.15, 0.2) is 12.2 Å². The van der Waals surface area contributed by atoms with Crippen molar-refractivity contribution in [3.05, 3.63) is 12.2 Å². The molecule has 2 atom stereocenters. The zero-order chi connectivity index (χ0) is 33.3. The highest BCUT2D eigenvalue weighted by atomic mass is 19.3. The predicted molar refractivity (Wildman–Crippen MR) is 92.5 cm³/mol. The minimum atomic E-state index is -8.46. The van der Waals surface area contributed by atoms with Gasteiger partial charge in [0.05, 0.1) is 0 Å². The van der Waals surface area contributed by atoms with Crippen molar-refractivity contribution in [1.82, 2.24) is 0 Å². The summed E-state index contributed by atoms with van der Waals surface area (Å²) in [6, 6.07) is 0. The lowest BCUT2D eigenvalue weighted by molar-refractivity contribution is -0.645. The first-order valence-corrected chi connectivity index (χ1v) is 10.3. The predicted octanol–water partition coefficient (Wildman–Crippen LogP) is 3.77. The third-order valence-electron chi connectivity index (χ3n) is 7.07. The highest BCUT2D eigenvalue weighted by Gasteiger charge is 3.24. The standard InChI is InChI=1S/C19H10F16O7/c1-5(2)8(38)41-3-6(36)40-4-7(37)42-19(34,35)9-13(22,23)10(20)16(28,29)11(21,14(9,24)25)18(32,33)12(39,15(9,26)27)17(10,30)31/h39H,1,3-4H2,2H3. The van der Waals surface area contributed by atoms with Gasteiger partial charge in [-0.1, -0.05) is 6.58 Å². The summed E-state index contributed by atoms with van der Waals surface area (Å²) in [7, 11) is 0. The minimum Gasteiger partial charge on any atom is -0.451 e. The molecule has 0 saturated heterocycles. The van der Waals surface area contributed by atoms with Crippen LogP contribution in [-0.2, 0) is 28.6 Å². The molecule has 4 bridgehead atoms. The van der Waals surface area contributed by atoms with Crippen LogP contribution in [0.3, 0.4) is 0 Å². The van der Waals surface area contributed by atoms with Crippen LogP contribution in [-0.4, -0.2) is 94.8 Å². The second-order valence-electron chi connectivity index (χ2n) is 9.23. The van der Waals surface area contributed by atoms with E-state index in [4.69, 9.17) is 0 Å². The van der Waals surface area contributed by atoms with Crippen LogP contribution in [0.4, 0.5) is 70.2 Å². The summed E-state index contributed by atoms with van der Waals surface area (Å²) in [6.07, 6.45) is -7.84. The highest BCUT2D eigenvalue weighted by molar-refractivity contribution is 5.88. The lowest BCUT2D eigenvalue weighted by Crippen LogP contribution is -3.10. The fourth-order valence-electron chi connectivity index (χ4n) is 5.12. The van der Waals surface area contributed by atoms with E-state index in [0.717, 1.165) is 6.92 Å². The fraction of sp³-hybridized carbons (Fsp3) is 0.737. The van der Waals surface area contributed by atoms with Crippen LogP contribution in [0.2, 0.25) is 0 Å². The van der Waals surface area contributed by atoms with E-state index < -0.39 is 95.1 Å². The molecule has 240 valence electrons. The molecule has 4 rings (SSSR count). The molecule has 0 aromatic carbocycles. The monoisotopic (exact) mass is 654 g/mol. The topological polar surface area (TPSA) is 99.1 Å². The van der Waals surface area contributed by atoms with E-state index in [-0.39, 0.29) is 5.57 Å². The molecular formula is C19H10F16O7. The van der Waals surface area contributed by atoms with Crippen molar-refractivity contribution in [3.8, 4) is 0 Å². The van der Waals surface area contributed by atoms with E-state index >= 15 is 17.6 Å². The number of ether oxygens (including phenoxy) is 3. The lowest BCUT2D eigenvalue weighted by Gasteiger charge is -2.75. The van der Waals surface area contributed by atoms with Crippen LogP contribution in [0.5, 0.6) is 0 Å². The van der Waals surface area contributed by atoms with E-state index in [1.165, 1.54) is 0 Å². The van der Waals surface area contributed by atoms with E-state index in [2.05, 4.69) is 20.8 Å². The van der Waals surface area contributed by atoms with Crippen molar-refractivity contribution in [3.63, 3.8) is 0 Å². The van der Waals surface area contributed by atoms with Crippen molar-refractivity contribution < 1.29 is 104 Å². The number of aliphatic hydroxyl groups is 1. The average molecular weight is 654 g/mol. The van der Waals surface area contributed by atoms with Gasteiger partial charge in [0.1, 0.15) is 0 Å². The van der Waals surface area contributed by atoms with Gasteiger partial charge < -0.3 is 19.3 Å². The third-order valence-corrected chi connectivity index (χ3v) is 7.07. The van der Waals surface area contributed by atoms with Gasteiger partial charge in [0.25, 0.3) is 11.0 Å². The number of alkyl halides is 16. The Balaban J connectivity index is 2.21. The molecule has 0 aromatic rings. The molecule has 4 saturated carbocycles. The second-order valence-corrected chi connectivity index (χ2v) is 9.23. The quantitative estimate of drug-likeness (QED) is 0.193. The Morgan fingerprint density at radius 3 is 1.40 bits per heavy atom. The van der Waals surface area contributed by atoms with Gasteiger partial charge in [0.2, 0.25) is 0 Å². The van der Waals surface area contributed by atoms with Gasteiger partial charge in [-0.3, -0.25) is 0 Å². The maximum atomic E-state index is 15.1. The van der Waals surface area contributed by atoms with Gasteiger partial charge in [-0.25, -0.2) is 49.5 Å². The number of hydrogen-bond donors (Lipinski definition) is 1. The molecular weight excluding hydrogens is 644 g/mol. The first-order chi connectivity index (χ1) is 18.4. The van der Waals surface area contributed by atoms with Gasteiger partial charge in [0, 0.05) is 5.57 Å². The van der Waals surface area contributed by atoms with Crippen molar-refractivity contribution in [1.29, 1.82) is 0 Å². The summed E-state index contributed by atoms with van der Waals surface area (Å²) in [5, 5.41) is 9.47. The fourth-order valence-corrected chi connectivity index (χ4v) is 5.12. The summed E-state index contributed by atoms with van der Waals surface area (Å²) < 4.78 is 247. The Hall–Kier alpha value is -3.01. The van der Waals surface area contributed by atoms with Gasteiger partial charge in [-0.2, -0.15) is 35.1 Å². The number of carbonyl (C=O) groups is 3. The molecule has 0 aliphatic heterocycles. The average Bonchev–Trinajstić information content (AvgIpc) is 2.80. The van der Waals surface area contributed by atoms with E-state index in [1.807, 2.05) is 0 Å². The van der Waals surface area contributed by atoms with Gasteiger partial charge >= 0.3 is 70.9 Å². The molecule has 4 aliphatic carbocycles. The molecule has 0 amide bonds. The lowest BCUT2D eigenvalue weighted by atomic mass is 9.35. The number of rotatable bonds is 7. The molecule has 42 heavy (non-hydrogen) atoms. The second kappa shape index (κ2) is 8.12. The summed E-state index contributed by atoms with van der Waals surface area (Å²) in [4.78, 5) is 34.1. The first-order valence-electron chi connectivity index (χ1n) is 10.3. The Kier molecular flexibility index (Phi) is 6.48. The van der Waals surface area contributed by atoms with E-state index in [9.17, 15) is 72.2 Å². The van der Waals surface area contributed by atoms with E-state index in [1.54, 1.807) is 0 Å². The molecule has 4 aliphatic rings. The Labute approximate surface area is 219 Å². The molecule has 0 radical (unpaired) electrons. The normalized spacial score (nSPS) is 37.5. The SMILES string of the molecule is C=C(C)C(=O)OCC(=O)OCC(=O)OC(F)(F)C12C(F)(F)C3(O)C(F)(F)C(F)(C(F)(F)C(F)(C3(F)F)C1(F)F)C2(F)F. The van der Waals surface area contributed by atoms with Crippen LogP contribution in [0.25, 0.3) is 0 Å². The molecule has 4 fully saturated rings. The van der Waals surface area contributed by atoms with Crippen molar-refractivity contribution >= 4 is 17.9 Å². The molecule has 0 heterocycles. The van der Waals surface area contributed by atoms with Crippen LogP contribution in [0.1, 0.15) is 6.92 Å². The zero-order valence-electron chi connectivity index (χ0n) is 19.6. The maximum absolute atomic E-state index is 15.1. The number of carbonyl (C=O) groups excluding carboxylic acids is 3. The van der Waals surface area contributed by atoms with Crippen molar-refractivity contribution in [2.45, 2.75) is 65.5 Å². The van der Waals surface area contributed by atoms with Gasteiger partial charge in [-0.05, 0) is 6.92 Å². The number of esters is 3. The largest absolute Gasteiger partial charge is 0.451 e.